The summed E-state index contributed by atoms with van der Waals surface area (Å²) in [7, 11) is 0. The summed E-state index contributed by atoms with van der Waals surface area (Å²) in [6.45, 7) is 9.91. The zero-order chi connectivity index (χ0) is 28.4. The lowest BCUT2D eigenvalue weighted by Crippen LogP contribution is -2.50. The van der Waals surface area contributed by atoms with Crippen molar-refractivity contribution in [1.82, 2.24) is 19.9 Å². The molecule has 0 fully saturated rings. The number of rotatable bonds is 10. The van der Waals surface area contributed by atoms with Gasteiger partial charge in [0.1, 0.15) is 12.1 Å². The quantitative estimate of drug-likeness (QED) is 0.218. The van der Waals surface area contributed by atoms with E-state index in [4.69, 9.17) is 0 Å². The molecule has 0 radical (unpaired) electrons. The zero-order valence-electron chi connectivity index (χ0n) is 22.7. The molecule has 3 N–H and O–H groups in total. The van der Waals surface area contributed by atoms with Gasteiger partial charge in [-0.1, -0.05) is 39.8 Å². The van der Waals surface area contributed by atoms with E-state index >= 15 is 0 Å². The number of hydrogen-bond donors (Lipinski definition) is 3. The Morgan fingerprint density at radius 3 is 2.26 bits per heavy atom. The third kappa shape index (κ3) is 6.25. The fraction of sp³-hybridized carbons (Fsp3) is 0.400. The van der Waals surface area contributed by atoms with Gasteiger partial charge in [-0.3, -0.25) is 4.90 Å². The first-order chi connectivity index (χ1) is 18.3. The fourth-order valence-corrected chi connectivity index (χ4v) is 5.25. The highest BCUT2D eigenvalue weighted by Crippen LogP contribution is 2.45. The minimum atomic E-state index is -4.91. The standard InChI is InChI=1S/C30H35F3N4O2/c1-5-37(6-2)17-20-7-9-26-22(11-20)12-24(36-26)14-29(39,30(31,32)33)18-28(3,4)25-13-21(8-10-27(25)38)23-15-34-19-35-16-23/h7-13,15-16,19,36,38-39H,5-6,14,17-18H2,1-4H3. The summed E-state index contributed by atoms with van der Waals surface area (Å²) in [5.41, 5.74) is -0.579. The van der Waals surface area contributed by atoms with Gasteiger partial charge in [0.05, 0.1) is 0 Å². The van der Waals surface area contributed by atoms with Crippen LogP contribution in [-0.2, 0) is 18.4 Å². The van der Waals surface area contributed by atoms with E-state index in [-0.39, 0.29) is 5.75 Å². The molecule has 0 aliphatic heterocycles. The van der Waals surface area contributed by atoms with Gasteiger partial charge < -0.3 is 15.2 Å². The van der Waals surface area contributed by atoms with Crippen LogP contribution >= 0.6 is 0 Å². The van der Waals surface area contributed by atoms with Gasteiger partial charge in [0.15, 0.2) is 5.60 Å². The van der Waals surface area contributed by atoms with Crippen molar-refractivity contribution in [2.24, 2.45) is 0 Å². The normalized spacial score (nSPS) is 14.2. The second kappa shape index (κ2) is 11.0. The van der Waals surface area contributed by atoms with Crippen LogP contribution in [0.15, 0.2) is 61.2 Å². The molecule has 4 rings (SSSR count). The Morgan fingerprint density at radius 2 is 1.62 bits per heavy atom. The summed E-state index contributed by atoms with van der Waals surface area (Å²) in [6.07, 6.45) is -1.65. The summed E-state index contributed by atoms with van der Waals surface area (Å²) in [5, 5.41) is 22.6. The number of phenolic OH excluding ortho intramolecular Hbond substituents is 1. The minimum Gasteiger partial charge on any atom is -0.508 e. The number of aliphatic hydroxyl groups is 1. The summed E-state index contributed by atoms with van der Waals surface area (Å²) < 4.78 is 43.4. The predicted octanol–water partition coefficient (Wildman–Crippen LogP) is 6.38. The number of halogens is 3. The fourth-order valence-electron chi connectivity index (χ4n) is 5.25. The van der Waals surface area contributed by atoms with Gasteiger partial charge in [-0.25, -0.2) is 9.97 Å². The first-order valence-corrected chi connectivity index (χ1v) is 13.1. The van der Waals surface area contributed by atoms with Crippen LogP contribution in [0.3, 0.4) is 0 Å². The highest BCUT2D eigenvalue weighted by atomic mass is 19.4. The van der Waals surface area contributed by atoms with E-state index in [1.165, 1.54) is 12.4 Å². The Kier molecular flexibility index (Phi) is 8.04. The van der Waals surface area contributed by atoms with Crippen LogP contribution in [0.4, 0.5) is 13.2 Å². The Morgan fingerprint density at radius 1 is 0.923 bits per heavy atom. The van der Waals surface area contributed by atoms with Crippen molar-refractivity contribution in [3.8, 4) is 16.9 Å². The molecule has 0 amide bonds. The Hall–Kier alpha value is -3.43. The maximum atomic E-state index is 14.5. The maximum Gasteiger partial charge on any atom is 0.417 e. The topological polar surface area (TPSA) is 85.3 Å². The lowest BCUT2D eigenvalue weighted by atomic mass is 9.72. The van der Waals surface area contributed by atoms with E-state index in [0.717, 1.165) is 30.6 Å². The minimum absolute atomic E-state index is 0.142. The number of phenols is 1. The van der Waals surface area contributed by atoms with Crippen molar-refractivity contribution >= 4 is 10.9 Å². The maximum absolute atomic E-state index is 14.5. The zero-order valence-corrected chi connectivity index (χ0v) is 22.7. The molecule has 39 heavy (non-hydrogen) atoms. The third-order valence-electron chi connectivity index (χ3n) is 7.41. The van der Waals surface area contributed by atoms with Gasteiger partial charge in [0, 0.05) is 47.7 Å². The summed E-state index contributed by atoms with van der Waals surface area (Å²) in [4.78, 5) is 13.3. The van der Waals surface area contributed by atoms with E-state index in [1.807, 2.05) is 18.2 Å². The molecule has 6 nitrogen and oxygen atoms in total. The van der Waals surface area contributed by atoms with Gasteiger partial charge in [-0.2, -0.15) is 13.2 Å². The van der Waals surface area contributed by atoms with Crippen molar-refractivity contribution in [3.63, 3.8) is 0 Å². The number of H-pyrrole nitrogens is 1. The molecule has 0 aliphatic rings. The Balaban J connectivity index is 1.64. The van der Waals surface area contributed by atoms with Crippen LogP contribution < -0.4 is 0 Å². The van der Waals surface area contributed by atoms with Crippen molar-refractivity contribution in [2.75, 3.05) is 13.1 Å². The molecular formula is C30H35F3N4O2. The van der Waals surface area contributed by atoms with Crippen molar-refractivity contribution in [2.45, 2.75) is 64.3 Å². The monoisotopic (exact) mass is 540 g/mol. The largest absolute Gasteiger partial charge is 0.508 e. The predicted molar refractivity (Wildman–Crippen MR) is 146 cm³/mol. The van der Waals surface area contributed by atoms with Crippen molar-refractivity contribution in [1.29, 1.82) is 0 Å². The number of nitrogens with one attached hydrogen (secondary N) is 1. The molecule has 2 aromatic carbocycles. The average molecular weight is 541 g/mol. The molecule has 2 heterocycles. The van der Waals surface area contributed by atoms with Gasteiger partial charge in [0.2, 0.25) is 0 Å². The van der Waals surface area contributed by atoms with E-state index in [1.54, 1.807) is 44.4 Å². The van der Waals surface area contributed by atoms with E-state index < -0.39 is 30.0 Å². The molecule has 208 valence electrons. The van der Waals surface area contributed by atoms with Gasteiger partial charge in [-0.15, -0.1) is 0 Å². The third-order valence-corrected chi connectivity index (χ3v) is 7.41. The van der Waals surface area contributed by atoms with Crippen LogP contribution in [0.25, 0.3) is 22.0 Å². The van der Waals surface area contributed by atoms with Crippen LogP contribution in [0, 0.1) is 0 Å². The molecule has 0 aliphatic carbocycles. The van der Waals surface area contributed by atoms with Crippen LogP contribution in [0.2, 0.25) is 0 Å². The number of aromatic nitrogens is 3. The number of hydrogen-bond acceptors (Lipinski definition) is 5. The van der Waals surface area contributed by atoms with Gasteiger partial charge >= 0.3 is 6.18 Å². The SMILES string of the molecule is CCN(CC)Cc1ccc2[nH]c(CC(O)(CC(C)(C)c3cc(-c4cncnc4)ccc3O)C(F)(F)F)cc2c1. The molecule has 0 saturated heterocycles. The van der Waals surface area contributed by atoms with E-state index in [9.17, 15) is 23.4 Å². The van der Waals surface area contributed by atoms with E-state index in [2.05, 4.69) is 33.7 Å². The molecule has 4 aromatic rings. The molecule has 1 atom stereocenters. The highest BCUT2D eigenvalue weighted by molar-refractivity contribution is 5.81. The Bertz CT molecular complexity index is 1420. The number of alkyl halides is 3. The molecule has 0 bridgehead atoms. The highest BCUT2D eigenvalue weighted by Gasteiger charge is 2.56. The van der Waals surface area contributed by atoms with Crippen LogP contribution in [-0.4, -0.2) is 54.9 Å². The number of benzene rings is 2. The lowest BCUT2D eigenvalue weighted by molar-refractivity contribution is -0.266. The number of fused-ring (bicyclic) bond motifs is 1. The van der Waals surface area contributed by atoms with Gasteiger partial charge in [0.25, 0.3) is 0 Å². The van der Waals surface area contributed by atoms with Gasteiger partial charge in [-0.05, 0) is 71.8 Å². The van der Waals surface area contributed by atoms with Crippen molar-refractivity contribution < 1.29 is 23.4 Å². The molecule has 9 heteroatoms. The number of aromatic amines is 1. The average Bonchev–Trinajstić information content (AvgIpc) is 3.28. The first-order valence-electron chi connectivity index (χ1n) is 13.1. The second-order valence-electron chi connectivity index (χ2n) is 10.8. The molecule has 1 unspecified atom stereocenters. The van der Waals surface area contributed by atoms with Crippen LogP contribution in [0.1, 0.15) is 50.9 Å². The lowest BCUT2D eigenvalue weighted by Gasteiger charge is -2.38. The molecule has 0 spiro atoms. The molecule has 2 aromatic heterocycles. The van der Waals surface area contributed by atoms with Crippen molar-refractivity contribution in [3.05, 3.63) is 78.0 Å². The van der Waals surface area contributed by atoms with Crippen LogP contribution in [0.5, 0.6) is 5.75 Å². The Labute approximate surface area is 226 Å². The molecule has 0 saturated carbocycles. The smallest absolute Gasteiger partial charge is 0.417 e. The molecular weight excluding hydrogens is 505 g/mol. The summed E-state index contributed by atoms with van der Waals surface area (Å²) >= 11 is 0. The number of aromatic hydroxyl groups is 1. The summed E-state index contributed by atoms with van der Waals surface area (Å²) in [5.74, 6) is -0.142. The summed E-state index contributed by atoms with van der Waals surface area (Å²) in [6, 6.07) is 12.2. The number of nitrogens with zero attached hydrogens (tertiary/aromatic N) is 3. The first kappa shape index (κ1) is 28.6. The second-order valence-corrected chi connectivity index (χ2v) is 10.8. The van der Waals surface area contributed by atoms with E-state index in [0.29, 0.717) is 27.9 Å².